The number of benzene rings is 6. The predicted octanol–water partition coefficient (Wildman–Crippen LogP) is 9.04. The smallest absolute Gasteiger partial charge is 0.128 e. The first-order chi connectivity index (χ1) is 18.7. The van der Waals surface area contributed by atoms with E-state index < -0.39 is 0 Å². The molecule has 0 saturated heterocycles. The molecule has 6 rings (SSSR count). The van der Waals surface area contributed by atoms with Crippen LogP contribution in [-0.2, 0) is 6.61 Å². The minimum absolute atomic E-state index is 0.504. The van der Waals surface area contributed by atoms with Crippen LogP contribution >= 0.6 is 20.2 Å². The van der Waals surface area contributed by atoms with Crippen LogP contribution in [-0.4, -0.2) is 0 Å². The number of hydrogen-bond donors (Lipinski definition) is 0. The molecule has 0 aliphatic heterocycles. The van der Waals surface area contributed by atoms with E-state index in [-0.39, 0.29) is 0 Å². The molecule has 38 heavy (non-hydrogen) atoms. The fourth-order valence-electron chi connectivity index (χ4n) is 4.78. The maximum Gasteiger partial charge on any atom is 0.128 e. The van der Waals surface area contributed by atoms with Crippen LogP contribution in [0.3, 0.4) is 0 Å². The quantitative estimate of drug-likeness (QED) is 0.188. The van der Waals surface area contributed by atoms with E-state index in [2.05, 4.69) is 115 Å². The summed E-state index contributed by atoms with van der Waals surface area (Å²) in [6, 6.07) is 48.6. The molecule has 6 aromatic carbocycles. The highest BCUT2D eigenvalue weighted by atomic mass is 35.5. The van der Waals surface area contributed by atoms with Crippen LogP contribution in [0.2, 0.25) is 5.02 Å². The maximum absolute atomic E-state index is 6.56. The largest absolute Gasteiger partial charge is 0.488 e. The Kier molecular flexibility index (Phi) is 7.22. The highest BCUT2D eigenvalue weighted by molar-refractivity contribution is 7.55. The lowest BCUT2D eigenvalue weighted by atomic mass is 9.90. The second kappa shape index (κ2) is 11.2. The molecule has 6 aromatic rings. The Morgan fingerprint density at radius 2 is 1.26 bits per heavy atom. The Morgan fingerprint density at radius 1 is 0.579 bits per heavy atom. The third-order valence-electron chi connectivity index (χ3n) is 6.64. The molecule has 0 N–H and O–H groups in total. The third kappa shape index (κ3) is 5.36. The molecule has 1 unspecified atom stereocenters. The van der Waals surface area contributed by atoms with E-state index in [4.69, 9.17) is 16.3 Å². The standard InChI is InChI=1S/C35H26ClOP/c36-28-18-21-32(33(23-28)27-15-19-30(20-16-27)38-29-12-5-2-6-13-29)35-31-14-8-7-11-26(31)17-22-34(35)37-24-25-9-3-1-4-10-25/h1-23,38H,24H2. The molecule has 0 saturated carbocycles. The summed E-state index contributed by atoms with van der Waals surface area (Å²) >= 11 is 6.56. The summed E-state index contributed by atoms with van der Waals surface area (Å²) < 4.78 is 6.46. The summed E-state index contributed by atoms with van der Waals surface area (Å²) in [5.41, 5.74) is 5.55. The first-order valence-corrected chi connectivity index (χ1v) is 14.0. The van der Waals surface area contributed by atoms with Crippen LogP contribution in [0.5, 0.6) is 5.75 Å². The van der Waals surface area contributed by atoms with Gasteiger partial charge in [0.25, 0.3) is 0 Å². The van der Waals surface area contributed by atoms with Gasteiger partial charge < -0.3 is 4.74 Å². The average Bonchev–Trinajstić information content (AvgIpc) is 2.97. The van der Waals surface area contributed by atoms with Crippen molar-refractivity contribution in [1.82, 2.24) is 0 Å². The van der Waals surface area contributed by atoms with Gasteiger partial charge in [-0.25, -0.2) is 0 Å². The van der Waals surface area contributed by atoms with Crippen LogP contribution in [0, 0.1) is 0 Å². The summed E-state index contributed by atoms with van der Waals surface area (Å²) in [5.74, 6) is 0.860. The van der Waals surface area contributed by atoms with Crippen LogP contribution in [0.25, 0.3) is 33.0 Å². The van der Waals surface area contributed by atoms with Gasteiger partial charge in [-0.2, -0.15) is 0 Å². The van der Waals surface area contributed by atoms with E-state index >= 15 is 0 Å². The second-order valence-corrected chi connectivity index (χ2v) is 11.0. The monoisotopic (exact) mass is 528 g/mol. The number of hydrogen-bond acceptors (Lipinski definition) is 1. The van der Waals surface area contributed by atoms with Crippen molar-refractivity contribution >= 4 is 41.6 Å². The molecule has 1 nitrogen and oxygen atoms in total. The number of fused-ring (bicyclic) bond motifs is 1. The second-order valence-electron chi connectivity index (χ2n) is 9.19. The predicted molar refractivity (Wildman–Crippen MR) is 165 cm³/mol. The first-order valence-electron chi connectivity index (χ1n) is 12.7. The van der Waals surface area contributed by atoms with Gasteiger partial charge >= 0.3 is 0 Å². The molecular weight excluding hydrogens is 503 g/mol. The molecule has 0 heterocycles. The molecule has 0 aromatic heterocycles. The average molecular weight is 529 g/mol. The number of rotatable bonds is 7. The molecule has 0 aliphatic carbocycles. The summed E-state index contributed by atoms with van der Waals surface area (Å²) in [6.45, 7) is 0.504. The molecule has 0 bridgehead atoms. The summed E-state index contributed by atoms with van der Waals surface area (Å²) in [7, 11) is 0.623. The maximum atomic E-state index is 6.56. The molecule has 0 aliphatic rings. The third-order valence-corrected chi connectivity index (χ3v) is 8.12. The molecule has 0 fully saturated rings. The van der Waals surface area contributed by atoms with Crippen molar-refractivity contribution in [2.45, 2.75) is 6.61 Å². The van der Waals surface area contributed by atoms with Crippen LogP contribution in [0.1, 0.15) is 5.56 Å². The number of ether oxygens (including phenoxy) is 1. The summed E-state index contributed by atoms with van der Waals surface area (Å²) in [6.07, 6.45) is 0. The fourth-order valence-corrected chi connectivity index (χ4v) is 5.98. The SMILES string of the molecule is Clc1ccc(-c2c(OCc3ccccc3)ccc3ccccc23)c(-c2ccc(Pc3ccccc3)cc2)c1. The Balaban J connectivity index is 1.43. The molecule has 0 radical (unpaired) electrons. The van der Waals surface area contributed by atoms with E-state index in [0.29, 0.717) is 20.2 Å². The van der Waals surface area contributed by atoms with Crippen LogP contribution in [0.4, 0.5) is 0 Å². The van der Waals surface area contributed by atoms with Crippen molar-refractivity contribution in [3.05, 3.63) is 150 Å². The normalized spacial score (nSPS) is 11.3. The first kappa shape index (κ1) is 24.4. The highest BCUT2D eigenvalue weighted by Crippen LogP contribution is 2.43. The Bertz CT molecular complexity index is 1680. The summed E-state index contributed by atoms with van der Waals surface area (Å²) in [4.78, 5) is 0. The van der Waals surface area contributed by atoms with Crippen molar-refractivity contribution in [3.8, 4) is 28.0 Å². The molecule has 3 heteroatoms. The summed E-state index contributed by atoms with van der Waals surface area (Å²) in [5, 5.41) is 5.69. The van der Waals surface area contributed by atoms with Gasteiger partial charge in [0.15, 0.2) is 0 Å². The molecule has 184 valence electrons. The van der Waals surface area contributed by atoms with Gasteiger partial charge in [-0.05, 0) is 61.8 Å². The minimum Gasteiger partial charge on any atom is -0.488 e. The van der Waals surface area contributed by atoms with Crippen LogP contribution < -0.4 is 15.3 Å². The van der Waals surface area contributed by atoms with Crippen molar-refractivity contribution in [3.63, 3.8) is 0 Å². The van der Waals surface area contributed by atoms with Crippen LogP contribution in [0.15, 0.2) is 140 Å². The van der Waals surface area contributed by atoms with Crippen molar-refractivity contribution in [1.29, 1.82) is 0 Å². The van der Waals surface area contributed by atoms with E-state index in [1.165, 1.54) is 16.0 Å². The Hall–Kier alpha value is -3.90. The topological polar surface area (TPSA) is 9.23 Å². The van der Waals surface area contributed by atoms with Crippen molar-refractivity contribution in [2.75, 3.05) is 0 Å². The van der Waals surface area contributed by atoms with Gasteiger partial charge in [-0.15, -0.1) is 0 Å². The lowest BCUT2D eigenvalue weighted by molar-refractivity contribution is 0.308. The Labute approximate surface area is 230 Å². The van der Waals surface area contributed by atoms with Crippen molar-refractivity contribution in [2.24, 2.45) is 0 Å². The van der Waals surface area contributed by atoms with E-state index in [0.717, 1.165) is 39.0 Å². The van der Waals surface area contributed by atoms with Gasteiger partial charge in [0.05, 0.1) is 0 Å². The zero-order valence-corrected chi connectivity index (χ0v) is 22.5. The lowest BCUT2D eigenvalue weighted by Crippen LogP contribution is -2.02. The van der Waals surface area contributed by atoms with Gasteiger partial charge in [0.2, 0.25) is 0 Å². The van der Waals surface area contributed by atoms with Gasteiger partial charge in [0, 0.05) is 10.6 Å². The minimum atomic E-state index is 0.504. The zero-order chi connectivity index (χ0) is 25.7. The van der Waals surface area contributed by atoms with Crippen molar-refractivity contribution < 1.29 is 4.74 Å². The van der Waals surface area contributed by atoms with Gasteiger partial charge in [0.1, 0.15) is 12.4 Å². The van der Waals surface area contributed by atoms with E-state index in [1.54, 1.807) is 0 Å². The Morgan fingerprint density at radius 3 is 2.05 bits per heavy atom. The fraction of sp³-hybridized carbons (Fsp3) is 0.0286. The molecule has 0 spiro atoms. The van der Waals surface area contributed by atoms with E-state index in [1.807, 2.05) is 24.3 Å². The molecule has 0 amide bonds. The van der Waals surface area contributed by atoms with E-state index in [9.17, 15) is 0 Å². The zero-order valence-electron chi connectivity index (χ0n) is 20.8. The highest BCUT2D eigenvalue weighted by Gasteiger charge is 2.17. The number of halogens is 1. The molecular formula is C35H26ClOP. The lowest BCUT2D eigenvalue weighted by Gasteiger charge is -2.18. The van der Waals surface area contributed by atoms with Gasteiger partial charge in [-0.3, -0.25) is 0 Å². The van der Waals surface area contributed by atoms with Gasteiger partial charge in [-0.1, -0.05) is 142 Å². The molecule has 1 atom stereocenters.